The molecule has 0 radical (unpaired) electrons. The molecule has 2 aromatic rings. The summed E-state index contributed by atoms with van der Waals surface area (Å²) in [7, 11) is 0. The molecule has 24 heteroatoms. The Bertz CT molecular complexity index is 1940. The number of carboxylic acid groups (broad SMARTS) is 2. The Labute approximate surface area is 375 Å². The predicted molar refractivity (Wildman–Crippen MR) is 236 cm³/mol. The standard InChI is InChI=1S/C41H66N12O12/c1-21(2)17-30(52-39(63)33(22(3)55)53-34(58)25(43)20-54)37(61)51-31(18-23-19-47-26-10-5-4-9-24(23)26)38(62)49-28(13-14-32(56)57)36(60)48-27(12-8-16-46-41(44)45)35(59)50-29(40(64)65)11-6-7-15-42/h4-5,9-10,19,21-22,25,27-31,33,47,54-55H,6-8,11-18,20,42-43H2,1-3H3,(H,48,60)(H,49,62)(H,50,59)(H,51,61)(H,52,63)(H,53,58)(H,56,57)(H,64,65)(H4,44,45,46)/t22-,25+,27+,28+,29+,30+,31+,33+/m1/s1. The van der Waals surface area contributed by atoms with Gasteiger partial charge in [0.1, 0.15) is 42.3 Å². The van der Waals surface area contributed by atoms with Gasteiger partial charge >= 0.3 is 11.9 Å². The van der Waals surface area contributed by atoms with Crippen LogP contribution in [-0.4, -0.2) is 147 Å². The van der Waals surface area contributed by atoms with Crippen molar-refractivity contribution < 1.29 is 58.8 Å². The van der Waals surface area contributed by atoms with Crippen molar-refractivity contribution in [1.82, 2.24) is 42.2 Å². The maximum atomic E-state index is 14.4. The van der Waals surface area contributed by atoms with E-state index >= 15 is 0 Å². The van der Waals surface area contributed by atoms with Crippen molar-refractivity contribution in [1.29, 1.82) is 5.41 Å². The number of nitrogens with one attached hydrogen (secondary N) is 9. The smallest absolute Gasteiger partial charge is 0.326 e. The van der Waals surface area contributed by atoms with Gasteiger partial charge in [-0.1, -0.05) is 32.0 Å². The van der Waals surface area contributed by atoms with Crippen LogP contribution >= 0.6 is 0 Å². The van der Waals surface area contributed by atoms with Crippen LogP contribution in [-0.2, 0) is 44.8 Å². The minimum absolute atomic E-state index is 0.000411. The Kier molecular flexibility index (Phi) is 23.4. The van der Waals surface area contributed by atoms with Gasteiger partial charge in [-0.25, -0.2) is 4.79 Å². The molecule has 0 aliphatic carbocycles. The number of carbonyl (C=O) groups is 8. The normalized spacial score (nSPS) is 14.9. The number of aromatic nitrogens is 1. The minimum Gasteiger partial charge on any atom is -0.481 e. The van der Waals surface area contributed by atoms with E-state index in [1.807, 2.05) is 0 Å². The number of amides is 6. The summed E-state index contributed by atoms with van der Waals surface area (Å²) in [5.74, 6) is -8.93. The molecule has 1 aromatic carbocycles. The molecule has 0 aliphatic rings. The molecule has 65 heavy (non-hydrogen) atoms. The van der Waals surface area contributed by atoms with E-state index in [0.717, 1.165) is 0 Å². The summed E-state index contributed by atoms with van der Waals surface area (Å²) < 4.78 is 0. The van der Waals surface area contributed by atoms with Gasteiger partial charge in [-0.05, 0) is 76.0 Å². The van der Waals surface area contributed by atoms with Crippen molar-refractivity contribution in [2.75, 3.05) is 19.7 Å². The summed E-state index contributed by atoms with van der Waals surface area (Å²) in [4.78, 5) is 109. The van der Waals surface area contributed by atoms with Gasteiger partial charge in [-0.3, -0.25) is 39.0 Å². The number of fused-ring (bicyclic) bond motifs is 1. The van der Waals surface area contributed by atoms with E-state index in [9.17, 15) is 58.8 Å². The number of para-hydroxylation sites is 1. The van der Waals surface area contributed by atoms with Gasteiger partial charge in [-0.15, -0.1) is 0 Å². The molecule has 0 saturated heterocycles. The van der Waals surface area contributed by atoms with Crippen LogP contribution in [0.25, 0.3) is 10.9 Å². The molecule has 0 unspecified atom stereocenters. The van der Waals surface area contributed by atoms with E-state index in [4.69, 9.17) is 22.6 Å². The maximum absolute atomic E-state index is 14.4. The van der Waals surface area contributed by atoms with E-state index in [2.05, 4.69) is 42.2 Å². The van der Waals surface area contributed by atoms with E-state index in [-0.39, 0.29) is 50.5 Å². The summed E-state index contributed by atoms with van der Waals surface area (Å²) in [6.07, 6.45) is -0.267. The first-order valence-electron chi connectivity index (χ1n) is 21.3. The molecule has 0 bridgehead atoms. The molecule has 2 rings (SSSR count). The minimum atomic E-state index is -1.63. The molecular weight excluding hydrogens is 853 g/mol. The first-order chi connectivity index (χ1) is 30.7. The lowest BCUT2D eigenvalue weighted by atomic mass is 9.99. The Morgan fingerprint density at radius 2 is 1.28 bits per heavy atom. The number of rotatable bonds is 30. The van der Waals surface area contributed by atoms with Gasteiger partial charge in [0.15, 0.2) is 5.96 Å². The number of aromatic amines is 1. The molecule has 6 amide bonds. The fourth-order valence-electron chi connectivity index (χ4n) is 6.62. The molecule has 0 aliphatic heterocycles. The molecule has 8 atom stereocenters. The van der Waals surface area contributed by atoms with Crippen LogP contribution in [0.3, 0.4) is 0 Å². The van der Waals surface area contributed by atoms with Crippen molar-refractivity contribution in [2.45, 2.75) is 127 Å². The van der Waals surface area contributed by atoms with Gasteiger partial charge < -0.3 is 79.8 Å². The van der Waals surface area contributed by atoms with Crippen LogP contribution in [0.1, 0.15) is 77.7 Å². The van der Waals surface area contributed by atoms with Crippen LogP contribution < -0.4 is 54.4 Å². The van der Waals surface area contributed by atoms with E-state index in [1.165, 1.54) is 6.92 Å². The third kappa shape index (κ3) is 19.1. The van der Waals surface area contributed by atoms with Crippen molar-refractivity contribution in [3.8, 4) is 0 Å². The summed E-state index contributed by atoms with van der Waals surface area (Å²) in [6.45, 7) is 4.34. The molecule has 0 spiro atoms. The largest absolute Gasteiger partial charge is 0.481 e. The monoisotopic (exact) mass is 918 g/mol. The second kappa shape index (κ2) is 27.7. The summed E-state index contributed by atoms with van der Waals surface area (Å²) in [6, 6.07) is -3.19. The topological polar surface area (TPSA) is 419 Å². The van der Waals surface area contributed by atoms with Crippen molar-refractivity contribution in [3.05, 3.63) is 36.0 Å². The fraction of sp³-hybridized carbons (Fsp3) is 0.585. The Balaban J connectivity index is 2.52. The quantitative estimate of drug-likeness (QED) is 0.0207. The predicted octanol–water partition coefficient (Wildman–Crippen LogP) is -3.29. The van der Waals surface area contributed by atoms with Crippen LogP contribution in [0.5, 0.6) is 0 Å². The number of aliphatic hydroxyl groups is 2. The van der Waals surface area contributed by atoms with Gasteiger partial charge in [0.25, 0.3) is 0 Å². The van der Waals surface area contributed by atoms with Crippen molar-refractivity contribution in [2.24, 2.45) is 23.1 Å². The lowest BCUT2D eigenvalue weighted by molar-refractivity contribution is -0.142. The van der Waals surface area contributed by atoms with Crippen molar-refractivity contribution in [3.63, 3.8) is 0 Å². The van der Waals surface area contributed by atoms with Gasteiger partial charge in [0.05, 0.1) is 12.7 Å². The Morgan fingerprint density at radius 1 is 0.723 bits per heavy atom. The Hall–Kier alpha value is -6.37. The van der Waals surface area contributed by atoms with E-state index in [0.29, 0.717) is 35.9 Å². The number of nitrogens with two attached hydrogens (primary N) is 3. The van der Waals surface area contributed by atoms with Gasteiger partial charge in [0, 0.05) is 36.5 Å². The molecule has 24 nitrogen and oxygen atoms in total. The number of H-pyrrole nitrogens is 1. The molecular formula is C41H66N12O12. The first kappa shape index (κ1) is 54.8. The lowest BCUT2D eigenvalue weighted by Gasteiger charge is -2.28. The summed E-state index contributed by atoms with van der Waals surface area (Å²) in [5, 5.41) is 64.5. The fourth-order valence-corrected chi connectivity index (χ4v) is 6.62. The van der Waals surface area contributed by atoms with Crippen LogP contribution in [0.2, 0.25) is 0 Å². The number of aliphatic carboxylic acids is 2. The number of benzene rings is 1. The highest BCUT2D eigenvalue weighted by molar-refractivity contribution is 5.98. The summed E-state index contributed by atoms with van der Waals surface area (Å²) in [5.41, 5.74) is 17.7. The molecule has 362 valence electrons. The number of carboxylic acids is 2. The number of hydrogen-bond donors (Lipinski definition) is 16. The molecule has 0 saturated carbocycles. The number of unbranched alkanes of at least 4 members (excludes halogenated alkanes) is 1. The van der Waals surface area contributed by atoms with Crippen LogP contribution in [0.4, 0.5) is 0 Å². The van der Waals surface area contributed by atoms with Crippen LogP contribution in [0, 0.1) is 11.3 Å². The second-order valence-electron chi connectivity index (χ2n) is 16.1. The average Bonchev–Trinajstić information content (AvgIpc) is 3.65. The number of hydrogen-bond acceptors (Lipinski definition) is 13. The lowest BCUT2D eigenvalue weighted by Crippen LogP contribution is -2.61. The first-order valence-corrected chi connectivity index (χ1v) is 21.3. The van der Waals surface area contributed by atoms with Crippen LogP contribution in [0.15, 0.2) is 30.5 Å². The zero-order valence-electron chi connectivity index (χ0n) is 36.9. The number of carbonyl (C=O) groups excluding carboxylic acids is 6. The third-order valence-corrected chi connectivity index (χ3v) is 10.1. The SMILES string of the molecule is CC(C)C[C@H](NC(=O)[C@@H](NC(=O)[C@@H](N)CO)[C@@H](C)O)C(=O)N[C@@H](Cc1c[nH]c2ccccc12)C(=O)N[C@@H](CCC(=O)O)C(=O)N[C@@H](CCCNC(=N)N)C(=O)N[C@@H](CCCCN)C(=O)O. The second-order valence-corrected chi connectivity index (χ2v) is 16.1. The molecule has 1 heterocycles. The van der Waals surface area contributed by atoms with E-state index < -0.39 is 115 Å². The third-order valence-electron chi connectivity index (χ3n) is 10.1. The van der Waals surface area contributed by atoms with E-state index in [1.54, 1.807) is 44.3 Å². The average molecular weight is 919 g/mol. The maximum Gasteiger partial charge on any atom is 0.326 e. The molecule has 1 aromatic heterocycles. The zero-order chi connectivity index (χ0) is 48.8. The Morgan fingerprint density at radius 3 is 1.85 bits per heavy atom. The zero-order valence-corrected chi connectivity index (χ0v) is 36.9. The molecule has 19 N–H and O–H groups in total. The van der Waals surface area contributed by atoms with Gasteiger partial charge in [-0.2, -0.15) is 0 Å². The highest BCUT2D eigenvalue weighted by Gasteiger charge is 2.35. The highest BCUT2D eigenvalue weighted by atomic mass is 16.4. The summed E-state index contributed by atoms with van der Waals surface area (Å²) >= 11 is 0. The molecule has 0 fully saturated rings. The van der Waals surface area contributed by atoms with Gasteiger partial charge in [0.2, 0.25) is 35.4 Å². The number of guanidine groups is 1. The van der Waals surface area contributed by atoms with Crippen molar-refractivity contribution >= 4 is 64.2 Å². The number of aliphatic hydroxyl groups excluding tert-OH is 2. The highest BCUT2D eigenvalue weighted by Crippen LogP contribution is 2.20.